The van der Waals surface area contributed by atoms with E-state index < -0.39 is 36.5 Å². The van der Waals surface area contributed by atoms with E-state index in [2.05, 4.69) is 0 Å². The molecule has 0 aliphatic carbocycles. The molecule has 0 aliphatic heterocycles. The monoisotopic (exact) mass is 234 g/mol. The van der Waals surface area contributed by atoms with Gasteiger partial charge in [0.25, 0.3) is 0 Å². The Hall–Kier alpha value is -0.220. The lowest BCUT2D eigenvalue weighted by atomic mass is 10.8. The Labute approximate surface area is 77.1 Å². The Morgan fingerprint density at radius 3 is 1.31 bits per heavy atom. The van der Waals surface area contributed by atoms with E-state index in [1.807, 2.05) is 0 Å². The minimum atomic E-state index is -4.26. The van der Waals surface area contributed by atoms with Gasteiger partial charge in [0.15, 0.2) is 0 Å². The van der Waals surface area contributed by atoms with Gasteiger partial charge in [0.1, 0.15) is 0 Å². The minimum Gasteiger partial charge on any atom is -0.299 e. The predicted molar refractivity (Wildman–Crippen MR) is 44.9 cm³/mol. The largest absolute Gasteiger partial charge is 0.316 e. The van der Waals surface area contributed by atoms with Crippen molar-refractivity contribution in [1.29, 1.82) is 0 Å². The minimum absolute atomic E-state index is 0.558. The summed E-state index contributed by atoms with van der Waals surface area (Å²) < 4.78 is 57.9. The second-order valence-electron chi connectivity index (χ2n) is 3.36. The Balaban J connectivity index is 4.62. The van der Waals surface area contributed by atoms with Crippen molar-refractivity contribution in [3.8, 4) is 0 Å². The van der Waals surface area contributed by atoms with Crippen molar-refractivity contribution in [1.82, 2.24) is 0 Å². The topological polar surface area (TPSA) is 109 Å². The van der Waals surface area contributed by atoms with Crippen LogP contribution in [0.5, 0.6) is 0 Å². The van der Waals surface area contributed by atoms with Crippen LogP contribution < -0.4 is 0 Å². The maximum absolute atomic E-state index is 10.4. The molecule has 0 unspecified atom stereocenters. The molecular weight excluding hydrogens is 222 g/mol. The first-order chi connectivity index (χ1) is 5.41. The van der Waals surface area contributed by atoms with Crippen LogP contribution in [0.3, 0.4) is 0 Å². The molecule has 9 heteroatoms. The van der Waals surface area contributed by atoms with E-state index in [1.165, 1.54) is 14.1 Å². The van der Waals surface area contributed by atoms with E-state index in [4.69, 9.17) is 9.11 Å². The van der Waals surface area contributed by atoms with Gasteiger partial charge in [-0.15, -0.1) is 0 Å². The number of hydrogen-bond donors (Lipinski definition) is 2. The summed E-state index contributed by atoms with van der Waals surface area (Å²) in [4.78, 5) is 0. The summed E-state index contributed by atoms with van der Waals surface area (Å²) in [7, 11) is -6.01. The molecule has 0 saturated heterocycles. The summed E-state index contributed by atoms with van der Waals surface area (Å²) in [5.41, 5.74) is 0. The van der Waals surface area contributed by atoms with Crippen LogP contribution in [0.15, 0.2) is 0 Å². The van der Waals surface area contributed by atoms with E-state index in [-0.39, 0.29) is 0 Å². The zero-order valence-corrected chi connectivity index (χ0v) is 8.84. The van der Waals surface area contributed by atoms with Gasteiger partial charge in [0, 0.05) is 0 Å². The van der Waals surface area contributed by atoms with Gasteiger partial charge < -0.3 is 0 Å². The highest BCUT2D eigenvalue weighted by atomic mass is 32.2. The number of nitrogens with zero attached hydrogens (tertiary/aromatic N) is 1. The van der Waals surface area contributed by atoms with Gasteiger partial charge in [-0.1, -0.05) is 0 Å². The van der Waals surface area contributed by atoms with Gasteiger partial charge >= 0.3 is 20.2 Å². The molecule has 0 saturated carbocycles. The zero-order valence-electron chi connectivity index (χ0n) is 7.21. The van der Waals surface area contributed by atoms with Gasteiger partial charge in [-0.25, -0.2) is 0 Å². The van der Waals surface area contributed by atoms with Crippen LogP contribution in [0.4, 0.5) is 0 Å². The fourth-order valence-electron chi connectivity index (χ4n) is 0.921. The summed E-state index contributed by atoms with van der Waals surface area (Å²) in [6.07, 6.45) is 0. The van der Waals surface area contributed by atoms with Crippen molar-refractivity contribution >= 4 is 20.2 Å². The molecule has 80 valence electrons. The van der Waals surface area contributed by atoms with Crippen molar-refractivity contribution < 1.29 is 30.4 Å². The van der Waals surface area contributed by atoms with Crippen LogP contribution in [0.25, 0.3) is 0 Å². The van der Waals surface area contributed by atoms with Crippen LogP contribution in [-0.4, -0.2) is 56.3 Å². The molecule has 0 aromatic carbocycles. The fourth-order valence-corrected chi connectivity index (χ4v) is 2.99. The fraction of sp³-hybridized carbons (Fsp3) is 1.00. The van der Waals surface area contributed by atoms with Crippen LogP contribution in [0.2, 0.25) is 0 Å². The molecule has 0 aromatic heterocycles. The van der Waals surface area contributed by atoms with E-state index >= 15 is 0 Å². The molecular formula is C4H12NO6S2+. The number of quaternary nitrogens is 1. The lowest BCUT2D eigenvalue weighted by Crippen LogP contribution is -2.46. The quantitative estimate of drug-likeness (QED) is 0.465. The average molecular weight is 234 g/mol. The lowest BCUT2D eigenvalue weighted by Gasteiger charge is -2.25. The molecule has 0 bridgehead atoms. The molecule has 13 heavy (non-hydrogen) atoms. The Morgan fingerprint density at radius 1 is 0.923 bits per heavy atom. The summed E-state index contributed by atoms with van der Waals surface area (Å²) in [6, 6.07) is 0. The Kier molecular flexibility index (Phi) is 3.44. The number of rotatable bonds is 4. The molecule has 0 aliphatic rings. The molecule has 2 N–H and O–H groups in total. The normalized spacial score (nSPS) is 14.5. The van der Waals surface area contributed by atoms with E-state index in [0.29, 0.717) is 0 Å². The van der Waals surface area contributed by atoms with E-state index in [9.17, 15) is 16.8 Å². The third-order valence-corrected chi connectivity index (χ3v) is 3.08. The van der Waals surface area contributed by atoms with Crippen molar-refractivity contribution in [3.05, 3.63) is 0 Å². The van der Waals surface area contributed by atoms with Crippen molar-refractivity contribution in [3.63, 3.8) is 0 Å². The highest BCUT2D eigenvalue weighted by Gasteiger charge is 2.28. The van der Waals surface area contributed by atoms with Crippen LogP contribution in [0.1, 0.15) is 0 Å². The molecule has 0 spiro atoms. The second kappa shape index (κ2) is 3.50. The first-order valence-corrected chi connectivity index (χ1v) is 6.35. The predicted octanol–water partition coefficient (Wildman–Crippen LogP) is -1.25. The van der Waals surface area contributed by atoms with Crippen LogP contribution >= 0.6 is 0 Å². The first kappa shape index (κ1) is 12.8. The summed E-state index contributed by atoms with van der Waals surface area (Å²) >= 11 is 0. The van der Waals surface area contributed by atoms with Gasteiger partial charge in [-0.3, -0.25) is 13.6 Å². The second-order valence-corrected chi connectivity index (χ2v) is 6.20. The summed E-state index contributed by atoms with van der Waals surface area (Å²) in [6.45, 7) is 0. The SMILES string of the molecule is C[N+](C)(CS(=O)(=O)O)CS(=O)(=O)O. The molecule has 0 rings (SSSR count). The van der Waals surface area contributed by atoms with Crippen molar-refractivity contribution in [2.75, 3.05) is 25.8 Å². The van der Waals surface area contributed by atoms with E-state index in [1.54, 1.807) is 0 Å². The molecule has 0 radical (unpaired) electrons. The Morgan fingerprint density at radius 2 is 1.15 bits per heavy atom. The highest BCUT2D eigenvalue weighted by Crippen LogP contribution is 2.03. The molecule has 0 aromatic rings. The maximum atomic E-state index is 10.4. The van der Waals surface area contributed by atoms with Gasteiger partial charge in [-0.05, 0) is 0 Å². The zero-order chi connectivity index (χ0) is 10.9. The summed E-state index contributed by atoms with van der Waals surface area (Å²) in [5, 5.41) is 0. The molecule has 0 amide bonds. The highest BCUT2D eigenvalue weighted by molar-refractivity contribution is 7.86. The van der Waals surface area contributed by atoms with E-state index in [0.717, 1.165) is 0 Å². The van der Waals surface area contributed by atoms with Gasteiger partial charge in [0.2, 0.25) is 11.8 Å². The Bertz CT molecular complexity index is 329. The van der Waals surface area contributed by atoms with Crippen molar-refractivity contribution in [2.24, 2.45) is 0 Å². The third-order valence-electron chi connectivity index (χ3n) is 1.03. The first-order valence-electron chi connectivity index (χ1n) is 3.14. The molecule has 0 atom stereocenters. The molecule has 0 heterocycles. The van der Waals surface area contributed by atoms with Gasteiger partial charge in [-0.2, -0.15) is 16.8 Å². The lowest BCUT2D eigenvalue weighted by molar-refractivity contribution is -0.866. The maximum Gasteiger partial charge on any atom is 0.316 e. The third kappa shape index (κ3) is 8.12. The van der Waals surface area contributed by atoms with Crippen LogP contribution in [-0.2, 0) is 20.2 Å². The smallest absolute Gasteiger partial charge is 0.299 e. The summed E-state index contributed by atoms with van der Waals surface area (Å²) in [5.74, 6) is -1.54. The molecule has 0 fully saturated rings. The average Bonchev–Trinajstić information content (AvgIpc) is 1.43. The van der Waals surface area contributed by atoms with Crippen molar-refractivity contribution in [2.45, 2.75) is 0 Å². The van der Waals surface area contributed by atoms with Crippen LogP contribution in [0, 0.1) is 0 Å². The molecule has 7 nitrogen and oxygen atoms in total. The van der Waals surface area contributed by atoms with Gasteiger partial charge in [0.05, 0.1) is 14.1 Å². The number of hydrogen-bond acceptors (Lipinski definition) is 4. The standard InChI is InChI=1S/C4H11NO6S2/c1-5(2,3-12(6,7)8)4-13(9,10)11/h3-4H2,1-2H3,(H-,6,7,8,9,10,11)/p+1.